The second kappa shape index (κ2) is 7.90. The fraction of sp³-hybridized carbons (Fsp3) is 0.923. The van der Waals surface area contributed by atoms with Gasteiger partial charge in [0, 0.05) is 12.3 Å². The van der Waals surface area contributed by atoms with Crippen molar-refractivity contribution in [2.45, 2.75) is 98.0 Å². The van der Waals surface area contributed by atoms with Crippen LogP contribution in [0.25, 0.3) is 0 Å². The van der Waals surface area contributed by atoms with E-state index >= 15 is 0 Å². The Kier molecular flexibility index (Phi) is 5.87. The Labute approximate surface area is 182 Å². The summed E-state index contributed by atoms with van der Waals surface area (Å²) >= 11 is 0. The van der Waals surface area contributed by atoms with Gasteiger partial charge in [-0.3, -0.25) is 9.59 Å². The van der Waals surface area contributed by atoms with Crippen molar-refractivity contribution in [3.63, 3.8) is 0 Å². The largest absolute Gasteiger partial charge is 0.481 e. The monoisotopic (exact) mass is 418 g/mol. The molecule has 4 fully saturated rings. The fourth-order valence-corrected chi connectivity index (χ4v) is 9.47. The number of hydrogen-bond donors (Lipinski definition) is 2. The molecule has 10 atom stereocenters. The number of aliphatic hydroxyl groups excluding tert-OH is 1. The third kappa shape index (κ3) is 3.36. The number of aliphatic hydroxyl groups is 1. The molecular formula is C26H42O4. The van der Waals surface area contributed by atoms with Crippen LogP contribution in [0.15, 0.2) is 0 Å². The van der Waals surface area contributed by atoms with Gasteiger partial charge in [0.05, 0.1) is 6.10 Å². The maximum atomic E-state index is 12.7. The van der Waals surface area contributed by atoms with Crippen molar-refractivity contribution >= 4 is 11.8 Å². The lowest BCUT2D eigenvalue weighted by molar-refractivity contribution is -0.167. The number of ketones is 1. The molecule has 4 aliphatic carbocycles. The average molecular weight is 419 g/mol. The first kappa shape index (κ1) is 22.3. The summed E-state index contributed by atoms with van der Waals surface area (Å²) in [6, 6.07) is 0. The number of Topliss-reactive ketones (excluding diaryl/α,β-unsaturated/α-hetero) is 1. The number of carboxylic acids is 1. The zero-order chi connectivity index (χ0) is 21.8. The van der Waals surface area contributed by atoms with Gasteiger partial charge in [0.2, 0.25) is 0 Å². The van der Waals surface area contributed by atoms with Gasteiger partial charge in [0.1, 0.15) is 5.78 Å². The molecule has 0 aromatic rings. The number of rotatable bonds is 5. The van der Waals surface area contributed by atoms with Crippen LogP contribution in [-0.2, 0) is 9.59 Å². The van der Waals surface area contributed by atoms with E-state index < -0.39 is 5.97 Å². The topological polar surface area (TPSA) is 74.6 Å². The highest BCUT2D eigenvalue weighted by atomic mass is 16.4. The van der Waals surface area contributed by atoms with Crippen LogP contribution in [0.2, 0.25) is 0 Å². The van der Waals surface area contributed by atoms with Crippen LogP contribution in [0.4, 0.5) is 0 Å². The summed E-state index contributed by atoms with van der Waals surface area (Å²) < 4.78 is 0. The molecule has 4 saturated carbocycles. The van der Waals surface area contributed by atoms with E-state index in [-0.39, 0.29) is 29.6 Å². The Morgan fingerprint density at radius 3 is 2.43 bits per heavy atom. The summed E-state index contributed by atoms with van der Waals surface area (Å²) in [7, 11) is 0. The van der Waals surface area contributed by atoms with Gasteiger partial charge in [-0.15, -0.1) is 0 Å². The van der Waals surface area contributed by atoms with E-state index in [2.05, 4.69) is 20.8 Å². The van der Waals surface area contributed by atoms with E-state index in [4.69, 9.17) is 5.11 Å². The summed E-state index contributed by atoms with van der Waals surface area (Å²) in [6.45, 7) is 8.93. The number of carbonyl (C=O) groups excluding carboxylic acids is 1. The van der Waals surface area contributed by atoms with E-state index in [0.29, 0.717) is 47.3 Å². The van der Waals surface area contributed by atoms with E-state index in [0.717, 1.165) is 19.3 Å². The van der Waals surface area contributed by atoms with Crippen molar-refractivity contribution in [2.75, 3.05) is 0 Å². The van der Waals surface area contributed by atoms with Gasteiger partial charge >= 0.3 is 5.97 Å². The summed E-state index contributed by atoms with van der Waals surface area (Å²) in [5.41, 5.74) is 0.366. The van der Waals surface area contributed by atoms with Crippen LogP contribution >= 0.6 is 0 Å². The van der Waals surface area contributed by atoms with Gasteiger partial charge in [-0.05, 0) is 111 Å². The molecule has 0 aliphatic heterocycles. The molecule has 0 aromatic carbocycles. The average Bonchev–Trinajstić information content (AvgIpc) is 3.03. The third-order valence-corrected chi connectivity index (χ3v) is 10.8. The molecular weight excluding hydrogens is 376 g/mol. The predicted octanol–water partition coefficient (Wildman–Crippen LogP) is 5.32. The fourth-order valence-electron chi connectivity index (χ4n) is 9.47. The highest BCUT2D eigenvalue weighted by molar-refractivity contribution is 5.79. The first-order chi connectivity index (χ1) is 14.1. The smallest absolute Gasteiger partial charge is 0.303 e. The first-order valence-electron chi connectivity index (χ1n) is 12.5. The Morgan fingerprint density at radius 2 is 1.77 bits per heavy atom. The summed E-state index contributed by atoms with van der Waals surface area (Å²) in [5.74, 6) is 3.20. The van der Waals surface area contributed by atoms with Crippen molar-refractivity contribution in [3.8, 4) is 0 Å². The molecule has 30 heavy (non-hydrogen) atoms. The molecule has 0 radical (unpaired) electrons. The lowest BCUT2D eigenvalue weighted by atomic mass is 9.42. The Morgan fingerprint density at radius 1 is 1.03 bits per heavy atom. The van der Waals surface area contributed by atoms with Crippen LogP contribution in [0, 0.1) is 52.3 Å². The molecule has 0 unspecified atom stereocenters. The Hall–Kier alpha value is -0.900. The summed E-state index contributed by atoms with van der Waals surface area (Å²) in [4.78, 5) is 23.8. The van der Waals surface area contributed by atoms with Gasteiger partial charge in [0.15, 0.2) is 0 Å². The quantitative estimate of drug-likeness (QED) is 0.633. The van der Waals surface area contributed by atoms with Crippen molar-refractivity contribution in [3.05, 3.63) is 0 Å². The highest BCUT2D eigenvalue weighted by Gasteiger charge is 2.63. The molecule has 170 valence electrons. The molecule has 4 nitrogen and oxygen atoms in total. The molecule has 0 heterocycles. The molecule has 0 bridgehead atoms. The van der Waals surface area contributed by atoms with Crippen molar-refractivity contribution < 1.29 is 19.8 Å². The van der Waals surface area contributed by atoms with E-state index in [1.165, 1.54) is 32.1 Å². The normalized spacial score (nSPS) is 48.9. The van der Waals surface area contributed by atoms with Crippen LogP contribution in [0.3, 0.4) is 0 Å². The van der Waals surface area contributed by atoms with Crippen molar-refractivity contribution in [1.29, 1.82) is 0 Å². The van der Waals surface area contributed by atoms with E-state index in [1.807, 2.05) is 0 Å². The van der Waals surface area contributed by atoms with Crippen LogP contribution in [0.5, 0.6) is 0 Å². The SMILES string of the molecule is CC(=O)[C@@H]1C[C@H](O)C[C@H]2CC[C@H]3[C@@H]4CC[C@H]([C@@H](C)CCC(=O)O)[C@@]4(C)CC[C@@H]3[C@]21C. The molecule has 0 spiro atoms. The van der Waals surface area contributed by atoms with Gasteiger partial charge < -0.3 is 10.2 Å². The third-order valence-electron chi connectivity index (χ3n) is 10.8. The lowest BCUT2D eigenvalue weighted by Gasteiger charge is -2.63. The minimum absolute atomic E-state index is 0.00935. The lowest BCUT2D eigenvalue weighted by Crippen LogP contribution is -2.58. The zero-order valence-electron chi connectivity index (χ0n) is 19.4. The second-order valence-electron chi connectivity index (χ2n) is 11.9. The molecule has 0 saturated heterocycles. The minimum atomic E-state index is -0.675. The maximum Gasteiger partial charge on any atom is 0.303 e. The molecule has 4 aliphatic rings. The minimum Gasteiger partial charge on any atom is -0.481 e. The Bertz CT molecular complexity index is 689. The number of aliphatic carboxylic acids is 1. The second-order valence-corrected chi connectivity index (χ2v) is 11.9. The number of fused-ring (bicyclic) bond motifs is 5. The van der Waals surface area contributed by atoms with Gasteiger partial charge in [-0.2, -0.15) is 0 Å². The molecule has 4 heteroatoms. The Balaban J connectivity index is 1.58. The predicted molar refractivity (Wildman–Crippen MR) is 117 cm³/mol. The number of carbonyl (C=O) groups is 2. The van der Waals surface area contributed by atoms with Crippen LogP contribution in [-0.4, -0.2) is 28.1 Å². The number of carboxylic acid groups (broad SMARTS) is 1. The van der Waals surface area contributed by atoms with E-state index in [9.17, 15) is 14.7 Å². The van der Waals surface area contributed by atoms with Crippen molar-refractivity contribution in [1.82, 2.24) is 0 Å². The van der Waals surface area contributed by atoms with Gasteiger partial charge in [0.25, 0.3) is 0 Å². The molecule has 0 amide bonds. The molecule has 4 rings (SSSR count). The van der Waals surface area contributed by atoms with Crippen LogP contribution in [0.1, 0.15) is 91.9 Å². The molecule has 2 N–H and O–H groups in total. The van der Waals surface area contributed by atoms with Crippen molar-refractivity contribution in [2.24, 2.45) is 52.3 Å². The van der Waals surface area contributed by atoms with Gasteiger partial charge in [-0.1, -0.05) is 20.8 Å². The number of hydrogen-bond acceptors (Lipinski definition) is 3. The highest BCUT2D eigenvalue weighted by Crippen LogP contribution is 2.69. The summed E-state index contributed by atoms with van der Waals surface area (Å²) in [5, 5.41) is 19.6. The molecule has 0 aromatic heterocycles. The van der Waals surface area contributed by atoms with E-state index in [1.54, 1.807) is 6.92 Å². The standard InChI is InChI=1S/C26H42O4/c1-15(5-10-24(29)30)20-8-9-21-19-7-6-17-13-18(28)14-23(16(2)27)26(17,4)22(19)11-12-25(20,21)3/h15,17-23,28H,5-14H2,1-4H3,(H,29,30)/t15-,17+,18+,19-,20+,21-,22-,23-,25+,26-/m0/s1. The van der Waals surface area contributed by atoms with Crippen LogP contribution < -0.4 is 0 Å². The zero-order valence-corrected chi connectivity index (χ0v) is 19.4. The summed E-state index contributed by atoms with van der Waals surface area (Å²) in [6.07, 6.45) is 9.63. The first-order valence-corrected chi connectivity index (χ1v) is 12.5. The maximum absolute atomic E-state index is 12.7. The van der Waals surface area contributed by atoms with Gasteiger partial charge in [-0.25, -0.2) is 0 Å².